The second-order valence-electron chi connectivity index (χ2n) is 6.65. The Morgan fingerprint density at radius 1 is 0.962 bits per heavy atom. The number of halogens is 3. The van der Waals surface area contributed by atoms with Gasteiger partial charge in [-0.3, -0.25) is 0 Å². The zero-order chi connectivity index (χ0) is 18.3. The first kappa shape index (κ1) is 16.8. The first-order valence-electron chi connectivity index (χ1n) is 8.70. The van der Waals surface area contributed by atoms with Gasteiger partial charge in [0.2, 0.25) is 0 Å². The van der Waals surface area contributed by atoms with Crippen molar-refractivity contribution in [1.82, 2.24) is 9.97 Å². The lowest BCUT2D eigenvalue weighted by molar-refractivity contribution is 0.574. The van der Waals surface area contributed by atoms with Gasteiger partial charge in [0.25, 0.3) is 0 Å². The molecule has 0 atom stereocenters. The molecule has 0 amide bonds. The molecule has 1 aliphatic heterocycles. The van der Waals surface area contributed by atoms with Gasteiger partial charge in [0.15, 0.2) is 5.82 Å². The molecule has 4 rings (SSSR count). The van der Waals surface area contributed by atoms with Crippen molar-refractivity contribution in [3.63, 3.8) is 0 Å². The summed E-state index contributed by atoms with van der Waals surface area (Å²) < 4.78 is 42.7. The van der Waals surface area contributed by atoms with E-state index in [1.165, 1.54) is 18.8 Å². The Morgan fingerprint density at radius 3 is 2.46 bits per heavy atom. The molecule has 3 aromatic rings. The van der Waals surface area contributed by atoms with Crippen LogP contribution in [0.4, 0.5) is 19.0 Å². The van der Waals surface area contributed by atoms with Crippen molar-refractivity contribution in [2.24, 2.45) is 0 Å². The number of hydrogen-bond donors (Lipinski definition) is 0. The molecule has 0 radical (unpaired) electrons. The minimum absolute atomic E-state index is 0.0291. The van der Waals surface area contributed by atoms with Crippen molar-refractivity contribution in [3.05, 3.63) is 53.6 Å². The van der Waals surface area contributed by atoms with Crippen molar-refractivity contribution in [3.8, 4) is 11.1 Å². The van der Waals surface area contributed by atoms with Crippen LogP contribution in [0.5, 0.6) is 0 Å². The summed E-state index contributed by atoms with van der Waals surface area (Å²) in [4.78, 5) is 10.6. The molecule has 1 saturated heterocycles. The summed E-state index contributed by atoms with van der Waals surface area (Å²) in [5.74, 6) is -1.38. The molecular formula is C20H18F3N3. The van der Waals surface area contributed by atoms with Crippen LogP contribution in [0.2, 0.25) is 0 Å². The van der Waals surface area contributed by atoms with E-state index in [4.69, 9.17) is 0 Å². The number of aryl methyl sites for hydroxylation is 1. The lowest BCUT2D eigenvalue weighted by atomic mass is 9.96. The maximum Gasteiger partial charge on any atom is 0.157 e. The molecule has 2 heterocycles. The Bertz CT molecular complexity index is 982. The van der Waals surface area contributed by atoms with Gasteiger partial charge in [-0.25, -0.2) is 23.1 Å². The fourth-order valence-electron chi connectivity index (χ4n) is 3.65. The van der Waals surface area contributed by atoms with E-state index in [2.05, 4.69) is 14.9 Å². The molecule has 134 valence electrons. The highest BCUT2D eigenvalue weighted by atomic mass is 19.1. The van der Waals surface area contributed by atoms with Crippen LogP contribution in [-0.4, -0.2) is 23.1 Å². The third kappa shape index (κ3) is 2.79. The van der Waals surface area contributed by atoms with Crippen molar-refractivity contribution < 1.29 is 13.2 Å². The van der Waals surface area contributed by atoms with Crippen LogP contribution in [0.25, 0.3) is 22.0 Å². The summed E-state index contributed by atoms with van der Waals surface area (Å²) in [5, 5.41) is 0.621. The van der Waals surface area contributed by atoms with E-state index < -0.39 is 17.5 Å². The third-order valence-electron chi connectivity index (χ3n) is 4.90. The largest absolute Gasteiger partial charge is 0.356 e. The van der Waals surface area contributed by atoms with Crippen LogP contribution in [0.3, 0.4) is 0 Å². The van der Waals surface area contributed by atoms with Gasteiger partial charge in [0, 0.05) is 35.7 Å². The van der Waals surface area contributed by atoms with Gasteiger partial charge in [0.1, 0.15) is 29.3 Å². The Labute approximate surface area is 149 Å². The molecule has 3 nitrogen and oxygen atoms in total. The molecule has 2 aromatic carbocycles. The van der Waals surface area contributed by atoms with Gasteiger partial charge < -0.3 is 4.90 Å². The average Bonchev–Trinajstić information content (AvgIpc) is 2.64. The number of anilines is 1. The van der Waals surface area contributed by atoms with Gasteiger partial charge in [-0.1, -0.05) is 0 Å². The normalized spacial score (nSPS) is 14.8. The van der Waals surface area contributed by atoms with E-state index in [1.54, 1.807) is 13.0 Å². The number of hydrogen-bond acceptors (Lipinski definition) is 3. The quantitative estimate of drug-likeness (QED) is 0.645. The lowest BCUT2D eigenvalue weighted by Gasteiger charge is -2.28. The Balaban J connectivity index is 1.92. The monoisotopic (exact) mass is 357 g/mol. The Kier molecular flexibility index (Phi) is 4.26. The van der Waals surface area contributed by atoms with Crippen LogP contribution in [0.1, 0.15) is 24.8 Å². The van der Waals surface area contributed by atoms with Crippen molar-refractivity contribution in [2.75, 3.05) is 18.0 Å². The molecule has 1 aromatic heterocycles. The van der Waals surface area contributed by atoms with E-state index in [0.29, 0.717) is 16.8 Å². The molecule has 1 aliphatic rings. The predicted molar refractivity (Wildman–Crippen MR) is 95.6 cm³/mol. The number of aromatic nitrogens is 2. The minimum atomic E-state index is -0.795. The molecule has 0 bridgehead atoms. The zero-order valence-electron chi connectivity index (χ0n) is 14.4. The third-order valence-corrected chi connectivity index (χ3v) is 4.90. The molecule has 26 heavy (non-hydrogen) atoms. The van der Waals surface area contributed by atoms with Gasteiger partial charge in [-0.15, -0.1) is 0 Å². The minimum Gasteiger partial charge on any atom is -0.356 e. The summed E-state index contributed by atoms with van der Waals surface area (Å²) in [6.45, 7) is 3.47. The highest BCUT2D eigenvalue weighted by Crippen LogP contribution is 2.36. The summed E-state index contributed by atoms with van der Waals surface area (Å²) in [6, 6.07) is 4.94. The molecule has 0 aliphatic carbocycles. The maximum absolute atomic E-state index is 15.3. The predicted octanol–water partition coefficient (Wildman–Crippen LogP) is 5.01. The molecular weight excluding hydrogens is 339 g/mol. The van der Waals surface area contributed by atoms with E-state index in [1.807, 2.05) is 0 Å². The second kappa shape index (κ2) is 6.59. The number of nitrogens with zero attached hydrogens (tertiary/aromatic N) is 3. The van der Waals surface area contributed by atoms with Crippen LogP contribution < -0.4 is 4.90 Å². The Morgan fingerprint density at radius 2 is 1.73 bits per heavy atom. The number of rotatable bonds is 2. The van der Waals surface area contributed by atoms with Crippen LogP contribution >= 0.6 is 0 Å². The zero-order valence-corrected chi connectivity index (χ0v) is 14.4. The number of piperidine rings is 1. The Hall–Kier alpha value is -2.63. The maximum atomic E-state index is 15.3. The summed E-state index contributed by atoms with van der Waals surface area (Å²) in [6.07, 6.45) is 4.67. The van der Waals surface area contributed by atoms with Crippen LogP contribution in [0.15, 0.2) is 30.6 Å². The fraction of sp³-hybridized carbons (Fsp3) is 0.300. The summed E-state index contributed by atoms with van der Waals surface area (Å²) in [5.41, 5.74) is 0.859. The second-order valence-corrected chi connectivity index (χ2v) is 6.65. The van der Waals surface area contributed by atoms with Crippen LogP contribution in [0, 0.1) is 24.4 Å². The van der Waals surface area contributed by atoms with Gasteiger partial charge in [-0.2, -0.15) is 0 Å². The topological polar surface area (TPSA) is 29.0 Å². The van der Waals surface area contributed by atoms with Crippen molar-refractivity contribution >= 4 is 16.7 Å². The van der Waals surface area contributed by atoms with E-state index in [0.717, 1.165) is 38.1 Å². The lowest BCUT2D eigenvalue weighted by Crippen LogP contribution is -2.30. The van der Waals surface area contributed by atoms with E-state index >= 15 is 4.39 Å². The first-order valence-corrected chi connectivity index (χ1v) is 8.70. The first-order chi connectivity index (χ1) is 12.6. The van der Waals surface area contributed by atoms with E-state index in [9.17, 15) is 8.78 Å². The smallest absolute Gasteiger partial charge is 0.157 e. The van der Waals surface area contributed by atoms with E-state index in [-0.39, 0.29) is 16.6 Å². The number of benzene rings is 2. The molecule has 6 heteroatoms. The average molecular weight is 357 g/mol. The summed E-state index contributed by atoms with van der Waals surface area (Å²) in [7, 11) is 0. The van der Waals surface area contributed by atoms with Gasteiger partial charge >= 0.3 is 0 Å². The highest BCUT2D eigenvalue weighted by Gasteiger charge is 2.22. The number of fused-ring (bicyclic) bond motifs is 1. The standard InChI is InChI=1S/C20H18F3N3/c1-12-9-15-19(24-11-25-20(15)26-7-3-2-4-8-26)18(23)17(12)14-6-5-13(21)10-16(14)22/h5-6,9-11H,2-4,7-8H2,1H3. The molecule has 0 saturated carbocycles. The van der Waals surface area contributed by atoms with Gasteiger partial charge in [0.05, 0.1) is 0 Å². The molecule has 0 spiro atoms. The fourth-order valence-corrected chi connectivity index (χ4v) is 3.65. The van der Waals surface area contributed by atoms with Crippen molar-refractivity contribution in [2.45, 2.75) is 26.2 Å². The van der Waals surface area contributed by atoms with Crippen molar-refractivity contribution in [1.29, 1.82) is 0 Å². The molecule has 1 fully saturated rings. The SMILES string of the molecule is Cc1cc2c(N3CCCCC3)ncnc2c(F)c1-c1ccc(F)cc1F. The van der Waals surface area contributed by atoms with Gasteiger partial charge in [-0.05, 0) is 49.9 Å². The molecule has 0 N–H and O–H groups in total. The van der Waals surface area contributed by atoms with Crippen LogP contribution in [-0.2, 0) is 0 Å². The summed E-state index contributed by atoms with van der Waals surface area (Å²) >= 11 is 0. The highest BCUT2D eigenvalue weighted by molar-refractivity contribution is 5.94. The molecule has 0 unspecified atom stereocenters.